The van der Waals surface area contributed by atoms with Gasteiger partial charge in [-0.2, -0.15) is 0 Å². The van der Waals surface area contributed by atoms with Crippen LogP contribution in [0.1, 0.15) is 0 Å². The van der Waals surface area contributed by atoms with Gasteiger partial charge < -0.3 is 9.38 Å². The van der Waals surface area contributed by atoms with Gasteiger partial charge in [0.05, 0.1) is 22.3 Å². The van der Waals surface area contributed by atoms with E-state index in [2.05, 4.69) is 9.97 Å². The van der Waals surface area contributed by atoms with E-state index in [4.69, 9.17) is 0 Å². The van der Waals surface area contributed by atoms with Crippen LogP contribution in [0.15, 0.2) is 78.0 Å². The van der Waals surface area contributed by atoms with Crippen LogP contribution in [0.3, 0.4) is 0 Å². The lowest BCUT2D eigenvalue weighted by atomic mass is 10.00. The molecule has 0 radical (unpaired) electrons. The molecular weight excluding hydrogens is 422 g/mol. The summed E-state index contributed by atoms with van der Waals surface area (Å²) in [5.41, 5.74) is -0.608. The van der Waals surface area contributed by atoms with Gasteiger partial charge in [0.15, 0.2) is 5.43 Å². The Hall–Kier alpha value is -4.20. The Labute approximate surface area is 178 Å². The molecule has 158 valence electrons. The van der Waals surface area contributed by atoms with E-state index in [1.807, 2.05) is 0 Å². The SMILES string of the molecule is O=c1ccn2c(-c3ccc(F)cc3F)cccc2c1-c1c(F)cc(-c2ncc[nH]2)cc1F. The molecule has 0 fully saturated rings. The third-order valence-electron chi connectivity index (χ3n) is 5.18. The molecule has 32 heavy (non-hydrogen) atoms. The first-order valence-electron chi connectivity index (χ1n) is 9.53. The second kappa shape index (κ2) is 7.49. The molecule has 0 saturated carbocycles. The molecule has 0 amide bonds. The number of halogens is 4. The van der Waals surface area contributed by atoms with Crippen LogP contribution in [-0.2, 0) is 0 Å². The minimum absolute atomic E-state index is 0.0701. The number of nitrogens with one attached hydrogen (secondary N) is 1. The molecular formula is C24H13F4N3O. The number of hydrogen-bond acceptors (Lipinski definition) is 2. The Bertz CT molecular complexity index is 1520. The highest BCUT2D eigenvalue weighted by Gasteiger charge is 2.21. The van der Waals surface area contributed by atoms with E-state index in [1.54, 1.807) is 6.07 Å². The second-order valence-electron chi connectivity index (χ2n) is 7.10. The van der Waals surface area contributed by atoms with Crippen molar-refractivity contribution < 1.29 is 17.6 Å². The number of imidazole rings is 1. The Morgan fingerprint density at radius 2 is 1.62 bits per heavy atom. The van der Waals surface area contributed by atoms with Crippen molar-refractivity contribution in [2.75, 3.05) is 0 Å². The molecule has 0 saturated heterocycles. The van der Waals surface area contributed by atoms with Gasteiger partial charge in [-0.05, 0) is 36.4 Å². The van der Waals surface area contributed by atoms with E-state index in [1.165, 1.54) is 41.2 Å². The van der Waals surface area contributed by atoms with Gasteiger partial charge in [-0.3, -0.25) is 4.79 Å². The molecule has 1 N–H and O–H groups in total. The van der Waals surface area contributed by atoms with Crippen LogP contribution in [0.25, 0.3) is 39.3 Å². The van der Waals surface area contributed by atoms with Gasteiger partial charge in [0, 0.05) is 41.9 Å². The minimum atomic E-state index is -0.944. The number of aromatic nitrogens is 3. The number of hydrogen-bond donors (Lipinski definition) is 1. The van der Waals surface area contributed by atoms with Crippen LogP contribution in [0, 0.1) is 23.3 Å². The van der Waals surface area contributed by atoms with Crippen LogP contribution in [0.2, 0.25) is 0 Å². The number of nitrogens with zero attached hydrogens (tertiary/aromatic N) is 2. The third-order valence-corrected chi connectivity index (χ3v) is 5.18. The van der Waals surface area contributed by atoms with Crippen molar-refractivity contribution in [3.63, 3.8) is 0 Å². The normalized spacial score (nSPS) is 11.2. The molecule has 3 aromatic heterocycles. The summed E-state index contributed by atoms with van der Waals surface area (Å²) in [7, 11) is 0. The largest absolute Gasteiger partial charge is 0.345 e. The molecule has 8 heteroatoms. The zero-order valence-corrected chi connectivity index (χ0v) is 16.2. The summed E-state index contributed by atoms with van der Waals surface area (Å²) in [6, 6.07) is 11.0. The first-order valence-corrected chi connectivity index (χ1v) is 9.53. The average Bonchev–Trinajstić information content (AvgIpc) is 3.29. The fourth-order valence-electron chi connectivity index (χ4n) is 3.78. The standard InChI is InChI=1S/C24H13F4N3O/c25-14-4-5-15(16(26)12-14)19-2-1-3-20-23(21(32)6-9-31(19)20)22-17(27)10-13(11-18(22)28)24-29-7-8-30-24/h1-12H,(H,29,30). The van der Waals surface area contributed by atoms with Gasteiger partial charge in [0.1, 0.15) is 29.1 Å². The zero-order valence-electron chi connectivity index (χ0n) is 16.2. The molecule has 5 aromatic rings. The van der Waals surface area contributed by atoms with Crippen molar-refractivity contribution in [2.45, 2.75) is 0 Å². The summed E-state index contributed by atoms with van der Waals surface area (Å²) >= 11 is 0. The average molecular weight is 435 g/mol. The van der Waals surface area contributed by atoms with Crippen molar-refractivity contribution in [1.82, 2.24) is 14.4 Å². The highest BCUT2D eigenvalue weighted by Crippen LogP contribution is 2.32. The van der Waals surface area contributed by atoms with Crippen LogP contribution in [0.5, 0.6) is 0 Å². The zero-order chi connectivity index (χ0) is 22.4. The fourth-order valence-corrected chi connectivity index (χ4v) is 3.78. The quantitative estimate of drug-likeness (QED) is 0.376. The van der Waals surface area contributed by atoms with Gasteiger partial charge in [0.25, 0.3) is 0 Å². The fraction of sp³-hybridized carbons (Fsp3) is 0. The Morgan fingerprint density at radius 1 is 0.844 bits per heavy atom. The molecule has 0 atom stereocenters. The maximum Gasteiger partial charge on any atom is 0.190 e. The molecule has 0 unspecified atom stereocenters. The van der Waals surface area contributed by atoms with Gasteiger partial charge in [-0.25, -0.2) is 22.5 Å². The summed E-state index contributed by atoms with van der Waals surface area (Å²) in [4.78, 5) is 19.5. The Balaban J connectivity index is 1.78. The van der Waals surface area contributed by atoms with Crippen molar-refractivity contribution in [3.8, 4) is 33.8 Å². The molecule has 5 rings (SSSR count). The predicted octanol–water partition coefficient (Wildman–Crippen LogP) is 5.58. The molecule has 3 heterocycles. The van der Waals surface area contributed by atoms with Crippen LogP contribution >= 0.6 is 0 Å². The lowest BCUT2D eigenvalue weighted by molar-refractivity contribution is 0.585. The lowest BCUT2D eigenvalue weighted by Crippen LogP contribution is -2.10. The van der Waals surface area contributed by atoms with Crippen molar-refractivity contribution in [1.29, 1.82) is 0 Å². The summed E-state index contributed by atoms with van der Waals surface area (Å²) in [5, 5.41) is 0. The number of aromatic amines is 1. The monoisotopic (exact) mass is 435 g/mol. The van der Waals surface area contributed by atoms with Gasteiger partial charge in [0.2, 0.25) is 0 Å². The van der Waals surface area contributed by atoms with Crippen LogP contribution < -0.4 is 5.43 Å². The molecule has 4 nitrogen and oxygen atoms in total. The number of H-pyrrole nitrogens is 1. The summed E-state index contributed by atoms with van der Waals surface area (Å²) in [6.45, 7) is 0. The molecule has 2 aromatic carbocycles. The van der Waals surface area contributed by atoms with Gasteiger partial charge >= 0.3 is 0 Å². The first kappa shape index (κ1) is 19.7. The first-order chi connectivity index (χ1) is 15.4. The third kappa shape index (κ3) is 3.17. The van der Waals surface area contributed by atoms with Crippen molar-refractivity contribution in [2.24, 2.45) is 0 Å². The Morgan fingerprint density at radius 3 is 2.31 bits per heavy atom. The van der Waals surface area contributed by atoms with E-state index in [0.717, 1.165) is 30.3 Å². The molecule has 0 bridgehead atoms. The smallest absolute Gasteiger partial charge is 0.190 e. The Kier molecular flexibility index (Phi) is 4.62. The molecule has 0 aliphatic heterocycles. The minimum Gasteiger partial charge on any atom is -0.345 e. The van der Waals surface area contributed by atoms with Gasteiger partial charge in [-0.15, -0.1) is 0 Å². The van der Waals surface area contributed by atoms with Crippen molar-refractivity contribution in [3.05, 3.63) is 107 Å². The summed E-state index contributed by atoms with van der Waals surface area (Å²) in [6.07, 6.45) is 4.35. The molecule has 0 spiro atoms. The van der Waals surface area contributed by atoms with E-state index in [0.29, 0.717) is 0 Å². The number of rotatable bonds is 3. The second-order valence-corrected chi connectivity index (χ2v) is 7.10. The van der Waals surface area contributed by atoms with E-state index in [9.17, 15) is 13.6 Å². The van der Waals surface area contributed by atoms with Crippen LogP contribution in [0.4, 0.5) is 17.6 Å². The van der Waals surface area contributed by atoms with Crippen molar-refractivity contribution >= 4 is 5.52 Å². The van der Waals surface area contributed by atoms with Gasteiger partial charge in [-0.1, -0.05) is 6.07 Å². The number of pyridine rings is 2. The maximum absolute atomic E-state index is 15.1. The number of fused-ring (bicyclic) bond motifs is 1. The van der Waals surface area contributed by atoms with E-state index < -0.39 is 34.3 Å². The summed E-state index contributed by atoms with van der Waals surface area (Å²) < 4.78 is 59.4. The van der Waals surface area contributed by atoms with Crippen LogP contribution in [-0.4, -0.2) is 14.4 Å². The van der Waals surface area contributed by atoms with E-state index >= 15 is 8.78 Å². The lowest BCUT2D eigenvalue weighted by Gasteiger charge is -2.14. The molecule has 0 aliphatic carbocycles. The predicted molar refractivity (Wildman–Crippen MR) is 112 cm³/mol. The highest BCUT2D eigenvalue weighted by molar-refractivity contribution is 5.83. The maximum atomic E-state index is 15.1. The highest BCUT2D eigenvalue weighted by atomic mass is 19.1. The summed E-state index contributed by atoms with van der Waals surface area (Å²) in [5.74, 6) is -3.16. The molecule has 0 aliphatic rings. The van der Waals surface area contributed by atoms with E-state index in [-0.39, 0.29) is 33.7 Å². The topological polar surface area (TPSA) is 50.2 Å². The number of benzene rings is 2.